The van der Waals surface area contributed by atoms with Crippen LogP contribution in [0.5, 0.6) is 5.75 Å². The van der Waals surface area contributed by atoms with Crippen LogP contribution in [0, 0.1) is 0 Å². The minimum absolute atomic E-state index is 0.130. The number of nitrogens with zero attached hydrogens (tertiary/aromatic N) is 1. The van der Waals surface area contributed by atoms with Crippen molar-refractivity contribution in [2.45, 2.75) is 19.3 Å². The van der Waals surface area contributed by atoms with E-state index in [4.69, 9.17) is 11.6 Å². The lowest BCUT2D eigenvalue weighted by Crippen LogP contribution is -2.11. The maximum Gasteiger partial charge on any atom is 0.261 e. The van der Waals surface area contributed by atoms with Gasteiger partial charge in [0.25, 0.3) is 5.91 Å². The third-order valence-electron chi connectivity index (χ3n) is 3.02. The molecule has 2 aromatic rings. The Hall–Kier alpha value is -1.59. The second-order valence-electron chi connectivity index (χ2n) is 4.36. The molecule has 0 unspecified atom stereocenters. The Kier molecular flexibility index (Phi) is 3.16. The van der Waals surface area contributed by atoms with Gasteiger partial charge in [0.2, 0.25) is 0 Å². The van der Waals surface area contributed by atoms with E-state index < -0.39 is 0 Å². The molecular weight excluding hydrogens is 284 g/mol. The predicted octanol–water partition coefficient (Wildman–Crippen LogP) is 3.24. The van der Waals surface area contributed by atoms with Crippen molar-refractivity contribution in [3.63, 3.8) is 0 Å². The van der Waals surface area contributed by atoms with Gasteiger partial charge in [-0.3, -0.25) is 10.1 Å². The van der Waals surface area contributed by atoms with Crippen LogP contribution in [0.15, 0.2) is 18.2 Å². The highest BCUT2D eigenvalue weighted by Crippen LogP contribution is 2.31. The van der Waals surface area contributed by atoms with E-state index in [9.17, 15) is 9.90 Å². The van der Waals surface area contributed by atoms with Gasteiger partial charge in [0.15, 0.2) is 5.13 Å². The lowest BCUT2D eigenvalue weighted by molar-refractivity contribution is 0.102. The van der Waals surface area contributed by atoms with Crippen molar-refractivity contribution in [3.05, 3.63) is 39.4 Å². The Bertz CT molecular complexity index is 633. The van der Waals surface area contributed by atoms with Gasteiger partial charge < -0.3 is 5.11 Å². The molecule has 0 fully saturated rings. The number of phenols is 1. The molecule has 1 aromatic heterocycles. The first-order valence-electron chi connectivity index (χ1n) is 5.92. The smallest absolute Gasteiger partial charge is 0.261 e. The zero-order chi connectivity index (χ0) is 13.4. The molecule has 19 heavy (non-hydrogen) atoms. The SMILES string of the molecule is O=C(Nc1nc2c(s1)CCC2)c1ccc(Cl)cc1O. The van der Waals surface area contributed by atoms with Crippen LogP contribution >= 0.6 is 22.9 Å². The third-order valence-corrected chi connectivity index (χ3v) is 4.33. The van der Waals surface area contributed by atoms with Gasteiger partial charge in [-0.2, -0.15) is 0 Å². The molecule has 0 aliphatic heterocycles. The van der Waals surface area contributed by atoms with E-state index >= 15 is 0 Å². The number of hydrogen-bond acceptors (Lipinski definition) is 4. The van der Waals surface area contributed by atoms with Crippen molar-refractivity contribution in [2.75, 3.05) is 5.32 Å². The molecule has 0 atom stereocenters. The number of anilines is 1. The number of aromatic hydroxyl groups is 1. The standard InChI is InChI=1S/C13H11ClN2O2S/c14-7-4-5-8(10(17)6-7)12(18)16-13-15-9-2-1-3-11(9)19-13/h4-6,17H,1-3H2,(H,15,16,18). The van der Waals surface area contributed by atoms with E-state index in [1.807, 2.05) is 0 Å². The summed E-state index contributed by atoms with van der Waals surface area (Å²) in [6.07, 6.45) is 3.16. The molecular formula is C13H11ClN2O2S. The number of benzene rings is 1. The number of aryl methyl sites for hydroxylation is 2. The molecule has 1 amide bonds. The van der Waals surface area contributed by atoms with E-state index in [2.05, 4.69) is 10.3 Å². The number of nitrogens with one attached hydrogen (secondary N) is 1. The van der Waals surface area contributed by atoms with Crippen LogP contribution < -0.4 is 5.32 Å². The van der Waals surface area contributed by atoms with Crippen molar-refractivity contribution in [2.24, 2.45) is 0 Å². The van der Waals surface area contributed by atoms with Crippen molar-refractivity contribution in [1.82, 2.24) is 4.98 Å². The number of thiazole rings is 1. The van der Waals surface area contributed by atoms with Gasteiger partial charge in [-0.15, -0.1) is 11.3 Å². The zero-order valence-corrected chi connectivity index (χ0v) is 11.5. The molecule has 1 aromatic carbocycles. The summed E-state index contributed by atoms with van der Waals surface area (Å²) >= 11 is 7.23. The van der Waals surface area contributed by atoms with Crippen LogP contribution in [0.2, 0.25) is 5.02 Å². The van der Waals surface area contributed by atoms with Crippen LogP contribution in [0.4, 0.5) is 5.13 Å². The average molecular weight is 295 g/mol. The Morgan fingerprint density at radius 2 is 2.26 bits per heavy atom. The van der Waals surface area contributed by atoms with Crippen LogP contribution in [-0.4, -0.2) is 16.0 Å². The van der Waals surface area contributed by atoms with Gasteiger partial charge in [-0.05, 0) is 37.5 Å². The molecule has 0 spiro atoms. The molecule has 98 valence electrons. The van der Waals surface area contributed by atoms with Crippen LogP contribution in [0.25, 0.3) is 0 Å². The highest BCUT2D eigenvalue weighted by Gasteiger charge is 2.19. The first-order chi connectivity index (χ1) is 9.13. The van der Waals surface area contributed by atoms with E-state index in [0.717, 1.165) is 25.0 Å². The maximum absolute atomic E-state index is 12.0. The monoisotopic (exact) mass is 294 g/mol. The fraction of sp³-hybridized carbons (Fsp3) is 0.231. The summed E-state index contributed by atoms with van der Waals surface area (Å²) in [6.45, 7) is 0. The van der Waals surface area contributed by atoms with Crippen LogP contribution in [-0.2, 0) is 12.8 Å². The number of carbonyl (C=O) groups excluding carboxylic acids is 1. The normalized spacial score (nSPS) is 13.3. The quantitative estimate of drug-likeness (QED) is 0.894. The Balaban J connectivity index is 1.80. The van der Waals surface area contributed by atoms with Gasteiger partial charge in [0.05, 0.1) is 11.3 Å². The van der Waals surface area contributed by atoms with Crippen molar-refractivity contribution in [1.29, 1.82) is 0 Å². The molecule has 0 radical (unpaired) electrons. The number of halogens is 1. The molecule has 2 N–H and O–H groups in total. The Labute approximate surface area is 119 Å². The lowest BCUT2D eigenvalue weighted by atomic mass is 10.2. The maximum atomic E-state index is 12.0. The van der Waals surface area contributed by atoms with Gasteiger partial charge in [-0.1, -0.05) is 11.6 Å². The Morgan fingerprint density at radius 1 is 1.42 bits per heavy atom. The van der Waals surface area contributed by atoms with Crippen LogP contribution in [0.1, 0.15) is 27.3 Å². The summed E-state index contributed by atoms with van der Waals surface area (Å²) < 4.78 is 0. The van der Waals surface area contributed by atoms with Crippen molar-refractivity contribution in [3.8, 4) is 5.75 Å². The number of aromatic nitrogens is 1. The summed E-state index contributed by atoms with van der Waals surface area (Å²) in [4.78, 5) is 17.7. The third kappa shape index (κ3) is 2.43. The van der Waals surface area contributed by atoms with E-state index in [1.54, 1.807) is 6.07 Å². The number of carbonyl (C=O) groups is 1. The van der Waals surface area contributed by atoms with Gasteiger partial charge in [-0.25, -0.2) is 4.98 Å². The summed E-state index contributed by atoms with van der Waals surface area (Å²) in [6, 6.07) is 4.41. The predicted molar refractivity (Wildman–Crippen MR) is 75.2 cm³/mol. The Morgan fingerprint density at radius 3 is 3.00 bits per heavy atom. The van der Waals surface area contributed by atoms with Gasteiger partial charge >= 0.3 is 0 Å². The van der Waals surface area contributed by atoms with Crippen LogP contribution in [0.3, 0.4) is 0 Å². The summed E-state index contributed by atoms with van der Waals surface area (Å²) in [5, 5.41) is 13.4. The molecule has 1 heterocycles. The van der Waals surface area contributed by atoms with E-state index in [0.29, 0.717) is 10.2 Å². The van der Waals surface area contributed by atoms with Gasteiger partial charge in [0.1, 0.15) is 5.75 Å². The fourth-order valence-electron chi connectivity index (χ4n) is 2.11. The van der Waals surface area contributed by atoms with Gasteiger partial charge in [0, 0.05) is 9.90 Å². The zero-order valence-electron chi connectivity index (χ0n) is 9.94. The fourth-order valence-corrected chi connectivity index (χ4v) is 3.32. The summed E-state index contributed by atoms with van der Waals surface area (Å²) in [7, 11) is 0. The van der Waals surface area contributed by atoms with Crippen molar-refractivity contribution >= 4 is 34.0 Å². The minimum Gasteiger partial charge on any atom is -0.507 e. The highest BCUT2D eigenvalue weighted by atomic mass is 35.5. The van der Waals surface area contributed by atoms with E-state index in [1.165, 1.54) is 28.3 Å². The van der Waals surface area contributed by atoms with E-state index in [-0.39, 0.29) is 17.2 Å². The number of phenolic OH excluding ortho intramolecular Hbond substituents is 1. The minimum atomic E-state index is -0.374. The topological polar surface area (TPSA) is 62.2 Å². The second-order valence-corrected chi connectivity index (χ2v) is 5.88. The number of hydrogen-bond donors (Lipinski definition) is 2. The molecule has 3 rings (SSSR count). The molecule has 1 aliphatic carbocycles. The first-order valence-corrected chi connectivity index (χ1v) is 7.11. The molecule has 4 nitrogen and oxygen atoms in total. The highest BCUT2D eigenvalue weighted by molar-refractivity contribution is 7.16. The molecule has 0 bridgehead atoms. The first kappa shape index (κ1) is 12.4. The summed E-state index contributed by atoms with van der Waals surface area (Å²) in [5.41, 5.74) is 1.28. The largest absolute Gasteiger partial charge is 0.507 e. The molecule has 6 heteroatoms. The lowest BCUT2D eigenvalue weighted by Gasteiger charge is -2.04. The number of rotatable bonds is 2. The van der Waals surface area contributed by atoms with Crippen molar-refractivity contribution < 1.29 is 9.90 Å². The number of fused-ring (bicyclic) bond motifs is 1. The number of amides is 1. The molecule has 0 saturated heterocycles. The second kappa shape index (κ2) is 4.83. The molecule has 0 saturated carbocycles. The average Bonchev–Trinajstić information content (AvgIpc) is 2.89. The molecule has 1 aliphatic rings. The summed E-state index contributed by atoms with van der Waals surface area (Å²) in [5.74, 6) is -0.504.